The molecule has 1 saturated heterocycles. The fourth-order valence-electron chi connectivity index (χ4n) is 2.13. The number of thiophene rings is 1. The van der Waals surface area contributed by atoms with Gasteiger partial charge in [-0.25, -0.2) is 0 Å². The van der Waals surface area contributed by atoms with E-state index in [-0.39, 0.29) is 17.9 Å². The van der Waals surface area contributed by atoms with Crippen LogP contribution in [0.25, 0.3) is 0 Å². The number of aryl methyl sites for hydroxylation is 1. The van der Waals surface area contributed by atoms with Crippen LogP contribution >= 0.6 is 23.1 Å². The van der Waals surface area contributed by atoms with E-state index in [9.17, 15) is 9.59 Å². The minimum Gasteiger partial charge on any atom is -0.344 e. The van der Waals surface area contributed by atoms with Gasteiger partial charge >= 0.3 is 0 Å². The molecule has 0 aromatic carbocycles. The van der Waals surface area contributed by atoms with Gasteiger partial charge in [0.15, 0.2) is 0 Å². The zero-order valence-electron chi connectivity index (χ0n) is 12.1. The van der Waals surface area contributed by atoms with E-state index in [2.05, 4.69) is 0 Å². The van der Waals surface area contributed by atoms with Gasteiger partial charge in [-0.2, -0.15) is 0 Å². The lowest BCUT2D eigenvalue weighted by atomic mass is 10.2. The Bertz CT molecular complexity index is 501. The highest BCUT2D eigenvalue weighted by Gasteiger charge is 2.35. The minimum atomic E-state index is -0.293. The van der Waals surface area contributed by atoms with Gasteiger partial charge in [-0.1, -0.05) is 0 Å². The van der Waals surface area contributed by atoms with Crippen LogP contribution in [0, 0.1) is 6.92 Å². The van der Waals surface area contributed by atoms with Crippen molar-refractivity contribution in [3.8, 4) is 0 Å². The van der Waals surface area contributed by atoms with Gasteiger partial charge in [0.1, 0.15) is 6.04 Å². The van der Waals surface area contributed by atoms with Crippen molar-refractivity contribution in [1.82, 2.24) is 9.80 Å². The Morgan fingerprint density at radius 3 is 2.80 bits per heavy atom. The van der Waals surface area contributed by atoms with Crippen LogP contribution in [-0.4, -0.2) is 52.9 Å². The first-order valence-corrected chi connectivity index (χ1v) is 8.67. The number of likely N-dealkylation sites (N-methyl/N-ethyl adjacent to an activating group) is 1. The topological polar surface area (TPSA) is 40.6 Å². The molecule has 0 radical (unpaired) electrons. The number of nitrogens with zero attached hydrogens (tertiary/aromatic N) is 2. The molecule has 0 unspecified atom stereocenters. The van der Waals surface area contributed by atoms with Gasteiger partial charge in [-0.3, -0.25) is 9.59 Å². The van der Waals surface area contributed by atoms with Crippen LogP contribution in [0.2, 0.25) is 0 Å². The number of carbonyl (C=O) groups excluding carboxylic acids is 2. The second-order valence-electron chi connectivity index (χ2n) is 4.92. The van der Waals surface area contributed by atoms with E-state index < -0.39 is 0 Å². The molecule has 1 atom stereocenters. The molecule has 6 heteroatoms. The Hall–Kier alpha value is -1.01. The zero-order valence-corrected chi connectivity index (χ0v) is 13.7. The molecule has 2 heterocycles. The zero-order chi connectivity index (χ0) is 14.7. The molecular formula is C14H20N2O2S2. The summed E-state index contributed by atoms with van der Waals surface area (Å²) in [5, 5.41) is 0. The van der Waals surface area contributed by atoms with Gasteiger partial charge in [0.25, 0.3) is 0 Å². The summed E-state index contributed by atoms with van der Waals surface area (Å²) in [5.74, 6) is 1.43. The van der Waals surface area contributed by atoms with E-state index in [1.165, 1.54) is 4.88 Å². The molecule has 2 rings (SSSR count). The molecule has 0 saturated carbocycles. The van der Waals surface area contributed by atoms with Crippen LogP contribution in [0.15, 0.2) is 12.1 Å². The van der Waals surface area contributed by atoms with Crippen molar-refractivity contribution in [2.75, 3.05) is 25.2 Å². The molecular weight excluding hydrogens is 292 g/mol. The Balaban J connectivity index is 2.03. The number of hydrogen-bond donors (Lipinski definition) is 0. The molecule has 1 aliphatic heterocycles. The number of rotatable bonds is 4. The first kappa shape index (κ1) is 15.4. The minimum absolute atomic E-state index is 0.0493. The molecule has 2 amide bonds. The summed E-state index contributed by atoms with van der Waals surface area (Å²) in [6.07, 6.45) is 0.401. The molecule has 4 nitrogen and oxygen atoms in total. The van der Waals surface area contributed by atoms with Gasteiger partial charge in [-0.15, -0.1) is 23.1 Å². The summed E-state index contributed by atoms with van der Waals surface area (Å²) in [6.45, 7) is 4.65. The van der Waals surface area contributed by atoms with Crippen LogP contribution in [0.3, 0.4) is 0 Å². The second kappa shape index (κ2) is 6.63. The molecule has 0 spiro atoms. The molecule has 0 aliphatic carbocycles. The Morgan fingerprint density at radius 2 is 2.20 bits per heavy atom. The number of thioether (sulfide) groups is 1. The third-order valence-corrected chi connectivity index (χ3v) is 5.47. The Kier molecular flexibility index (Phi) is 5.10. The fraction of sp³-hybridized carbons (Fsp3) is 0.571. The van der Waals surface area contributed by atoms with Gasteiger partial charge in [0, 0.05) is 29.1 Å². The van der Waals surface area contributed by atoms with Crippen molar-refractivity contribution in [2.45, 2.75) is 26.3 Å². The van der Waals surface area contributed by atoms with Gasteiger partial charge in [0.2, 0.25) is 11.8 Å². The van der Waals surface area contributed by atoms with Gasteiger partial charge in [0.05, 0.1) is 12.3 Å². The molecule has 1 aliphatic rings. The van der Waals surface area contributed by atoms with Crippen molar-refractivity contribution < 1.29 is 9.59 Å². The predicted molar refractivity (Wildman–Crippen MR) is 84.0 cm³/mol. The predicted octanol–water partition coefficient (Wildman–Crippen LogP) is 1.98. The Morgan fingerprint density at radius 1 is 1.45 bits per heavy atom. The van der Waals surface area contributed by atoms with Crippen molar-refractivity contribution in [3.63, 3.8) is 0 Å². The van der Waals surface area contributed by atoms with Gasteiger partial charge in [-0.05, 0) is 26.0 Å². The maximum atomic E-state index is 12.4. The van der Waals surface area contributed by atoms with Crippen molar-refractivity contribution in [2.24, 2.45) is 0 Å². The highest BCUT2D eigenvalue weighted by atomic mass is 32.2. The van der Waals surface area contributed by atoms with E-state index in [1.54, 1.807) is 39.9 Å². The first-order chi connectivity index (χ1) is 9.52. The average Bonchev–Trinajstić information content (AvgIpc) is 3.05. The number of amides is 2. The van der Waals surface area contributed by atoms with Crippen LogP contribution in [0.4, 0.5) is 0 Å². The maximum absolute atomic E-state index is 12.4. The van der Waals surface area contributed by atoms with E-state index in [4.69, 9.17) is 0 Å². The molecule has 110 valence electrons. The summed E-state index contributed by atoms with van der Waals surface area (Å²) < 4.78 is 0. The lowest BCUT2D eigenvalue weighted by Crippen LogP contribution is -2.48. The summed E-state index contributed by atoms with van der Waals surface area (Å²) in [5.41, 5.74) is 0. The van der Waals surface area contributed by atoms with E-state index >= 15 is 0 Å². The summed E-state index contributed by atoms with van der Waals surface area (Å²) in [7, 11) is 1.79. The summed E-state index contributed by atoms with van der Waals surface area (Å²) >= 11 is 3.30. The van der Waals surface area contributed by atoms with Crippen LogP contribution in [0.5, 0.6) is 0 Å². The standard InChI is InChI=1S/C14H20N2O2S2/c1-4-15(3)14(18)12-8-19-9-16(12)13(17)7-11-6-5-10(2)20-11/h5-6,12H,4,7-9H2,1-3H3/t12-/m0/s1. The van der Waals surface area contributed by atoms with Crippen molar-refractivity contribution in [3.05, 3.63) is 21.9 Å². The molecule has 1 aromatic rings. The van der Waals surface area contributed by atoms with Crippen molar-refractivity contribution >= 4 is 34.9 Å². The average molecular weight is 312 g/mol. The van der Waals surface area contributed by atoms with E-state index in [1.807, 2.05) is 26.0 Å². The largest absolute Gasteiger partial charge is 0.344 e. The normalized spacial score (nSPS) is 18.4. The first-order valence-electron chi connectivity index (χ1n) is 6.70. The molecule has 0 bridgehead atoms. The van der Waals surface area contributed by atoms with Gasteiger partial charge < -0.3 is 9.80 Å². The lowest BCUT2D eigenvalue weighted by Gasteiger charge is -2.26. The maximum Gasteiger partial charge on any atom is 0.245 e. The third kappa shape index (κ3) is 3.35. The fourth-order valence-corrected chi connectivity index (χ4v) is 4.19. The van der Waals surface area contributed by atoms with E-state index in [0.717, 1.165) is 4.88 Å². The second-order valence-corrected chi connectivity index (χ2v) is 7.29. The smallest absolute Gasteiger partial charge is 0.245 e. The Labute approximate surface area is 128 Å². The molecule has 20 heavy (non-hydrogen) atoms. The quantitative estimate of drug-likeness (QED) is 0.853. The molecule has 1 aromatic heterocycles. The highest BCUT2D eigenvalue weighted by molar-refractivity contribution is 7.99. The molecule has 1 fully saturated rings. The third-order valence-electron chi connectivity index (χ3n) is 3.46. The lowest BCUT2D eigenvalue weighted by molar-refractivity contribution is -0.142. The summed E-state index contributed by atoms with van der Waals surface area (Å²) in [4.78, 5) is 30.4. The van der Waals surface area contributed by atoms with Crippen LogP contribution < -0.4 is 0 Å². The highest BCUT2D eigenvalue weighted by Crippen LogP contribution is 2.24. The molecule has 0 N–H and O–H groups in total. The van der Waals surface area contributed by atoms with Crippen molar-refractivity contribution in [1.29, 1.82) is 0 Å². The number of hydrogen-bond acceptors (Lipinski definition) is 4. The summed E-state index contributed by atoms with van der Waals surface area (Å²) in [6, 6.07) is 3.73. The monoisotopic (exact) mass is 312 g/mol. The van der Waals surface area contributed by atoms with Crippen LogP contribution in [-0.2, 0) is 16.0 Å². The number of carbonyl (C=O) groups is 2. The van der Waals surface area contributed by atoms with E-state index in [0.29, 0.717) is 24.6 Å². The van der Waals surface area contributed by atoms with Crippen LogP contribution in [0.1, 0.15) is 16.7 Å². The SMILES string of the molecule is CCN(C)C(=O)[C@@H]1CSCN1C(=O)Cc1ccc(C)s1.